The van der Waals surface area contributed by atoms with Gasteiger partial charge in [-0.2, -0.15) is 0 Å². The van der Waals surface area contributed by atoms with E-state index < -0.39 is 10.0 Å². The molecule has 0 aliphatic carbocycles. The highest BCUT2D eigenvalue weighted by atomic mass is 32.2. The number of hydrogen-bond donors (Lipinski definition) is 1. The van der Waals surface area contributed by atoms with E-state index in [1.807, 2.05) is 0 Å². The zero-order valence-electron chi connectivity index (χ0n) is 14.0. The summed E-state index contributed by atoms with van der Waals surface area (Å²) >= 11 is 0. The van der Waals surface area contributed by atoms with Crippen LogP contribution in [0.15, 0.2) is 0 Å². The van der Waals surface area contributed by atoms with Crippen LogP contribution in [0, 0.1) is 13.8 Å². The fourth-order valence-electron chi connectivity index (χ4n) is 3.08. The van der Waals surface area contributed by atoms with Crippen LogP contribution in [0.4, 0.5) is 0 Å². The van der Waals surface area contributed by atoms with Gasteiger partial charge in [0.05, 0.1) is 6.26 Å². The number of hydrogen-bond acceptors (Lipinski definition) is 4. The number of H-pyrrole nitrogens is 1. The summed E-state index contributed by atoms with van der Waals surface area (Å²) in [7, 11) is -3.24. The Kier molecular flexibility index (Phi) is 4.95. The molecule has 1 N–H and O–H groups in total. The first-order chi connectivity index (χ1) is 10.6. The van der Waals surface area contributed by atoms with Crippen LogP contribution in [0.25, 0.3) is 0 Å². The third kappa shape index (κ3) is 3.64. The van der Waals surface area contributed by atoms with Crippen molar-refractivity contribution in [2.75, 3.05) is 32.4 Å². The number of carbonyl (C=O) groups excluding carboxylic acids is 2. The lowest BCUT2D eigenvalue weighted by atomic mass is 10.1. The number of aryl methyl sites for hydroxylation is 1. The average Bonchev–Trinajstić information content (AvgIpc) is 2.63. The number of sulfonamides is 1. The lowest BCUT2D eigenvalue weighted by Gasteiger charge is -2.21. The zero-order chi connectivity index (χ0) is 17.4. The minimum Gasteiger partial charge on any atom is -0.354 e. The molecule has 0 spiro atoms. The minimum atomic E-state index is -3.24. The van der Waals surface area contributed by atoms with Crippen LogP contribution in [-0.2, 0) is 10.0 Å². The van der Waals surface area contributed by atoms with Crippen molar-refractivity contribution in [3.8, 4) is 0 Å². The second kappa shape index (κ2) is 6.45. The molecule has 8 heteroatoms. The predicted molar refractivity (Wildman–Crippen MR) is 87.2 cm³/mol. The number of carbonyl (C=O) groups is 2. The monoisotopic (exact) mass is 341 g/mol. The van der Waals surface area contributed by atoms with Crippen molar-refractivity contribution in [1.29, 1.82) is 0 Å². The molecule has 1 saturated heterocycles. The summed E-state index contributed by atoms with van der Waals surface area (Å²) in [5.74, 6) is -0.261. The van der Waals surface area contributed by atoms with Crippen molar-refractivity contribution in [1.82, 2.24) is 14.2 Å². The summed E-state index contributed by atoms with van der Waals surface area (Å²) < 4.78 is 24.7. The van der Waals surface area contributed by atoms with Crippen LogP contribution >= 0.6 is 0 Å². The minimum absolute atomic E-state index is 0.0746. The van der Waals surface area contributed by atoms with Gasteiger partial charge in [0.2, 0.25) is 10.0 Å². The highest BCUT2D eigenvalue weighted by Gasteiger charge is 2.27. The van der Waals surface area contributed by atoms with Crippen LogP contribution in [0.3, 0.4) is 0 Å². The predicted octanol–water partition coefficient (Wildman–Crippen LogP) is 0.942. The summed E-state index contributed by atoms with van der Waals surface area (Å²) in [5.41, 5.74) is 2.32. The second-order valence-corrected chi connectivity index (χ2v) is 7.97. The molecular formula is C15H23N3O4S. The van der Waals surface area contributed by atoms with Crippen molar-refractivity contribution in [3.63, 3.8) is 0 Å². The first-order valence-corrected chi connectivity index (χ1v) is 9.42. The topological polar surface area (TPSA) is 90.6 Å². The van der Waals surface area contributed by atoms with Crippen LogP contribution in [0.2, 0.25) is 0 Å². The van der Waals surface area contributed by atoms with E-state index in [1.165, 1.54) is 17.5 Å². The van der Waals surface area contributed by atoms with Crippen LogP contribution in [0.1, 0.15) is 45.4 Å². The third-order valence-electron chi connectivity index (χ3n) is 4.21. The Morgan fingerprint density at radius 1 is 1.09 bits per heavy atom. The van der Waals surface area contributed by atoms with Gasteiger partial charge in [-0.3, -0.25) is 9.59 Å². The molecule has 1 aliphatic heterocycles. The van der Waals surface area contributed by atoms with E-state index in [4.69, 9.17) is 0 Å². The molecule has 0 atom stereocenters. The van der Waals surface area contributed by atoms with Gasteiger partial charge < -0.3 is 9.88 Å². The maximum Gasteiger partial charge on any atom is 0.270 e. The van der Waals surface area contributed by atoms with Crippen molar-refractivity contribution < 1.29 is 18.0 Å². The van der Waals surface area contributed by atoms with Crippen molar-refractivity contribution >= 4 is 21.7 Å². The Hall–Kier alpha value is -1.67. The summed E-state index contributed by atoms with van der Waals surface area (Å²) in [4.78, 5) is 29.1. The maximum atomic E-state index is 12.7. The molecular weight excluding hydrogens is 318 g/mol. The first-order valence-electron chi connectivity index (χ1n) is 7.57. The average molecular weight is 341 g/mol. The van der Waals surface area contributed by atoms with Gasteiger partial charge in [0, 0.05) is 37.4 Å². The van der Waals surface area contributed by atoms with Gasteiger partial charge >= 0.3 is 0 Å². The molecule has 0 radical (unpaired) electrons. The van der Waals surface area contributed by atoms with Gasteiger partial charge in [-0.1, -0.05) is 0 Å². The van der Waals surface area contributed by atoms with E-state index in [2.05, 4.69) is 4.98 Å². The van der Waals surface area contributed by atoms with Crippen LogP contribution in [0.5, 0.6) is 0 Å². The molecule has 0 aromatic carbocycles. The summed E-state index contributed by atoms with van der Waals surface area (Å²) in [6.45, 7) is 6.57. The van der Waals surface area contributed by atoms with E-state index in [0.29, 0.717) is 55.1 Å². The Bertz CT molecular complexity index is 736. The van der Waals surface area contributed by atoms with E-state index in [1.54, 1.807) is 18.7 Å². The van der Waals surface area contributed by atoms with Crippen molar-refractivity contribution in [3.05, 3.63) is 22.5 Å². The van der Waals surface area contributed by atoms with Crippen LogP contribution in [-0.4, -0.2) is 66.7 Å². The number of Topliss-reactive ketones (excluding diaryl/α,β-unsaturated/α-hetero) is 1. The van der Waals surface area contributed by atoms with Gasteiger partial charge in [-0.25, -0.2) is 12.7 Å². The Morgan fingerprint density at radius 2 is 1.74 bits per heavy atom. The molecule has 1 amide bonds. The lowest BCUT2D eigenvalue weighted by Crippen LogP contribution is -2.37. The molecule has 128 valence electrons. The van der Waals surface area contributed by atoms with E-state index in [0.717, 1.165) is 0 Å². The molecule has 1 aliphatic rings. The quantitative estimate of drug-likeness (QED) is 0.829. The maximum absolute atomic E-state index is 12.7. The van der Waals surface area contributed by atoms with Gasteiger partial charge in [0.1, 0.15) is 5.69 Å². The molecule has 7 nitrogen and oxygen atoms in total. The molecule has 2 heterocycles. The number of rotatable bonds is 3. The smallest absolute Gasteiger partial charge is 0.270 e. The first kappa shape index (κ1) is 17.7. The van der Waals surface area contributed by atoms with Crippen molar-refractivity contribution in [2.45, 2.75) is 27.2 Å². The fourth-order valence-corrected chi connectivity index (χ4v) is 3.95. The van der Waals surface area contributed by atoms with E-state index in [-0.39, 0.29) is 11.7 Å². The highest BCUT2D eigenvalue weighted by molar-refractivity contribution is 7.88. The van der Waals surface area contributed by atoms with Gasteiger partial charge in [0.25, 0.3) is 5.91 Å². The Morgan fingerprint density at radius 3 is 2.26 bits per heavy atom. The number of nitrogens with one attached hydrogen (secondary N) is 1. The fraction of sp³-hybridized carbons (Fsp3) is 0.600. The van der Waals surface area contributed by atoms with Crippen molar-refractivity contribution in [2.24, 2.45) is 0 Å². The van der Waals surface area contributed by atoms with E-state index >= 15 is 0 Å². The van der Waals surface area contributed by atoms with Gasteiger partial charge in [0.15, 0.2) is 5.78 Å². The summed E-state index contributed by atoms with van der Waals surface area (Å²) in [6.07, 6.45) is 1.78. The molecule has 0 saturated carbocycles. The molecule has 0 unspecified atom stereocenters. The highest BCUT2D eigenvalue weighted by Crippen LogP contribution is 2.20. The van der Waals surface area contributed by atoms with Gasteiger partial charge in [-0.05, 0) is 32.8 Å². The third-order valence-corrected chi connectivity index (χ3v) is 5.52. The molecule has 1 fully saturated rings. The number of amides is 1. The summed E-state index contributed by atoms with van der Waals surface area (Å²) in [5, 5.41) is 0. The van der Waals surface area contributed by atoms with Crippen LogP contribution < -0.4 is 0 Å². The molecule has 0 bridgehead atoms. The Balaban J connectivity index is 2.22. The Labute approximate surface area is 136 Å². The number of nitrogens with zero attached hydrogens (tertiary/aromatic N) is 2. The number of aromatic amines is 1. The standard InChI is InChI=1S/C15H23N3O4S/c1-10-13(12(3)19)11(2)16-14(10)15(20)17-6-5-7-18(9-8-17)23(4,21)22/h16H,5-9H2,1-4H3. The number of aromatic nitrogens is 1. The molecule has 1 aromatic rings. The van der Waals surface area contributed by atoms with Gasteiger partial charge in [-0.15, -0.1) is 0 Å². The summed E-state index contributed by atoms with van der Waals surface area (Å²) in [6, 6.07) is 0. The number of ketones is 1. The lowest BCUT2D eigenvalue weighted by molar-refractivity contribution is 0.0758. The normalized spacial score (nSPS) is 17.1. The second-order valence-electron chi connectivity index (χ2n) is 5.99. The SMILES string of the molecule is CC(=O)c1c(C)[nH]c(C(=O)N2CCCN(S(C)(=O)=O)CC2)c1C. The molecule has 1 aromatic heterocycles. The van der Waals surface area contributed by atoms with E-state index in [9.17, 15) is 18.0 Å². The largest absolute Gasteiger partial charge is 0.354 e. The zero-order valence-corrected chi connectivity index (χ0v) is 14.8. The molecule has 23 heavy (non-hydrogen) atoms. The molecule has 2 rings (SSSR count).